The molecule has 3 N–H and O–H groups in total. The van der Waals surface area contributed by atoms with Crippen LogP contribution in [0.1, 0.15) is 26.3 Å². The summed E-state index contributed by atoms with van der Waals surface area (Å²) in [6.45, 7) is 6.63. The number of fused-ring (bicyclic) bond motifs is 1. The predicted octanol–water partition coefficient (Wildman–Crippen LogP) is 2.71. The third-order valence-corrected chi connectivity index (χ3v) is 5.10. The van der Waals surface area contributed by atoms with Gasteiger partial charge in [-0.25, -0.2) is 4.99 Å². The Balaban J connectivity index is 1.74. The molecule has 0 aromatic heterocycles. The molecule has 2 aromatic carbocycles. The molecular weight excluding hydrogens is 340 g/mol. The topological polar surface area (TPSA) is 79.9 Å². The van der Waals surface area contributed by atoms with Crippen LogP contribution < -0.4 is 11.1 Å². The summed E-state index contributed by atoms with van der Waals surface area (Å²) < 4.78 is 5.70. The van der Waals surface area contributed by atoms with E-state index >= 15 is 0 Å². The second-order valence-electron chi connectivity index (χ2n) is 7.64. The Kier molecular flexibility index (Phi) is 3.96. The van der Waals surface area contributed by atoms with Crippen molar-refractivity contribution in [3.05, 3.63) is 54.1 Å². The fourth-order valence-electron chi connectivity index (χ4n) is 3.60. The molecule has 6 heteroatoms. The number of amides is 1. The van der Waals surface area contributed by atoms with Crippen LogP contribution in [0.4, 0.5) is 5.69 Å². The maximum Gasteiger partial charge on any atom is 0.259 e. The highest BCUT2D eigenvalue weighted by molar-refractivity contribution is 6.09. The van der Waals surface area contributed by atoms with Crippen molar-refractivity contribution < 1.29 is 9.53 Å². The molecule has 0 saturated carbocycles. The smallest absolute Gasteiger partial charge is 0.259 e. The maximum atomic E-state index is 13.2. The first-order chi connectivity index (χ1) is 12.8. The maximum absolute atomic E-state index is 13.2. The molecule has 2 heterocycles. The fourth-order valence-corrected chi connectivity index (χ4v) is 3.60. The van der Waals surface area contributed by atoms with E-state index in [2.05, 4.69) is 10.3 Å². The molecule has 2 aliphatic rings. The Bertz CT molecular complexity index is 937. The summed E-state index contributed by atoms with van der Waals surface area (Å²) in [5.74, 6) is 0.548. The molecule has 1 unspecified atom stereocenters. The van der Waals surface area contributed by atoms with Gasteiger partial charge in [0.05, 0.1) is 13.2 Å². The summed E-state index contributed by atoms with van der Waals surface area (Å²) in [5, 5.41) is 3.34. The lowest BCUT2D eigenvalue weighted by Crippen LogP contribution is -2.42. The third-order valence-electron chi connectivity index (χ3n) is 5.10. The number of nitrogens with zero attached hydrogens (tertiary/aromatic N) is 2. The summed E-state index contributed by atoms with van der Waals surface area (Å²) in [6.07, 6.45) is 0. The van der Waals surface area contributed by atoms with Gasteiger partial charge in [-0.2, -0.15) is 0 Å². The minimum absolute atomic E-state index is 0.0210. The SMILES string of the molecule is CC1(C)N=C2NC(C)(c3cccc(-c4cccc(N)c4)c3)C(=O)N2CCO1. The molecular formula is C21H24N4O2. The minimum atomic E-state index is -0.872. The van der Waals surface area contributed by atoms with Crippen molar-refractivity contribution in [3.63, 3.8) is 0 Å². The van der Waals surface area contributed by atoms with Crippen molar-refractivity contribution in [1.82, 2.24) is 10.2 Å². The molecule has 2 aliphatic heterocycles. The number of anilines is 1. The molecule has 1 fully saturated rings. The quantitative estimate of drug-likeness (QED) is 0.803. The summed E-state index contributed by atoms with van der Waals surface area (Å²) in [7, 11) is 0. The van der Waals surface area contributed by atoms with E-state index in [4.69, 9.17) is 10.5 Å². The zero-order chi connectivity index (χ0) is 19.2. The van der Waals surface area contributed by atoms with Gasteiger partial charge in [0.25, 0.3) is 5.91 Å². The van der Waals surface area contributed by atoms with Crippen LogP contribution in [0.5, 0.6) is 0 Å². The van der Waals surface area contributed by atoms with Gasteiger partial charge in [0.2, 0.25) is 5.96 Å². The van der Waals surface area contributed by atoms with Crippen LogP contribution in [0.3, 0.4) is 0 Å². The number of carbonyl (C=O) groups excluding carboxylic acids is 1. The molecule has 0 spiro atoms. The average Bonchev–Trinajstić information content (AvgIpc) is 2.76. The van der Waals surface area contributed by atoms with Gasteiger partial charge >= 0.3 is 0 Å². The molecule has 1 atom stereocenters. The van der Waals surface area contributed by atoms with Crippen LogP contribution in [0, 0.1) is 0 Å². The van der Waals surface area contributed by atoms with Gasteiger partial charge in [-0.05, 0) is 55.7 Å². The zero-order valence-electron chi connectivity index (χ0n) is 15.8. The van der Waals surface area contributed by atoms with E-state index in [0.717, 1.165) is 16.7 Å². The van der Waals surface area contributed by atoms with E-state index < -0.39 is 11.3 Å². The highest BCUT2D eigenvalue weighted by atomic mass is 16.5. The number of hydrogen-bond acceptors (Lipinski definition) is 5. The van der Waals surface area contributed by atoms with Gasteiger partial charge in [0, 0.05) is 5.69 Å². The van der Waals surface area contributed by atoms with Crippen molar-refractivity contribution >= 4 is 17.6 Å². The molecule has 27 heavy (non-hydrogen) atoms. The summed E-state index contributed by atoms with van der Waals surface area (Å²) in [6, 6.07) is 15.7. The van der Waals surface area contributed by atoms with Gasteiger partial charge in [0.1, 0.15) is 5.54 Å². The first-order valence-electron chi connectivity index (χ1n) is 9.09. The van der Waals surface area contributed by atoms with E-state index in [1.807, 2.05) is 69.3 Å². The number of carbonyl (C=O) groups is 1. The second kappa shape index (κ2) is 6.09. The Morgan fingerprint density at radius 1 is 1.11 bits per heavy atom. The number of benzene rings is 2. The second-order valence-corrected chi connectivity index (χ2v) is 7.64. The third kappa shape index (κ3) is 3.06. The Hall–Kier alpha value is -2.86. The van der Waals surface area contributed by atoms with Crippen molar-refractivity contribution in [2.24, 2.45) is 4.99 Å². The van der Waals surface area contributed by atoms with Crippen molar-refractivity contribution in [1.29, 1.82) is 0 Å². The molecule has 0 bridgehead atoms. The van der Waals surface area contributed by atoms with Gasteiger partial charge < -0.3 is 15.8 Å². The van der Waals surface area contributed by atoms with E-state index in [-0.39, 0.29) is 5.91 Å². The Labute approximate surface area is 159 Å². The van der Waals surface area contributed by atoms with Crippen LogP contribution in [-0.2, 0) is 15.1 Å². The molecule has 1 saturated heterocycles. The lowest BCUT2D eigenvalue weighted by Gasteiger charge is -2.24. The highest BCUT2D eigenvalue weighted by Gasteiger charge is 2.49. The summed E-state index contributed by atoms with van der Waals surface area (Å²) in [5.41, 5.74) is 8.03. The highest BCUT2D eigenvalue weighted by Crippen LogP contribution is 2.33. The number of guanidine groups is 1. The first kappa shape index (κ1) is 17.5. The van der Waals surface area contributed by atoms with Crippen LogP contribution in [0.25, 0.3) is 11.1 Å². The normalized spacial score (nSPS) is 24.0. The number of nitrogens with two attached hydrogens (primary N) is 1. The number of rotatable bonds is 2. The number of nitrogen functional groups attached to an aromatic ring is 1. The van der Waals surface area contributed by atoms with Crippen LogP contribution >= 0.6 is 0 Å². The molecule has 0 radical (unpaired) electrons. The molecule has 0 aliphatic carbocycles. The molecule has 4 rings (SSSR count). The van der Waals surface area contributed by atoms with Crippen LogP contribution in [0.15, 0.2) is 53.5 Å². The fraction of sp³-hybridized carbons (Fsp3) is 0.333. The molecule has 2 aromatic rings. The first-order valence-corrected chi connectivity index (χ1v) is 9.09. The molecule has 6 nitrogen and oxygen atoms in total. The standard InChI is InChI=1S/C21H24N4O2/c1-20(2)23-19-24-21(3,18(26)25(19)10-11-27-20)16-8-4-6-14(12-16)15-7-5-9-17(22)13-15/h4-9,12-13H,10-11,22H2,1-3H3,(H,23,24). The Morgan fingerprint density at radius 3 is 2.56 bits per heavy atom. The molecule has 1 amide bonds. The van der Waals surface area contributed by atoms with E-state index in [0.29, 0.717) is 24.8 Å². The van der Waals surface area contributed by atoms with E-state index in [1.165, 1.54) is 0 Å². The van der Waals surface area contributed by atoms with Crippen LogP contribution in [-0.4, -0.2) is 35.6 Å². The van der Waals surface area contributed by atoms with Gasteiger partial charge in [-0.15, -0.1) is 0 Å². The molecule has 140 valence electrons. The summed E-state index contributed by atoms with van der Waals surface area (Å²) in [4.78, 5) is 19.5. The summed E-state index contributed by atoms with van der Waals surface area (Å²) >= 11 is 0. The minimum Gasteiger partial charge on any atom is -0.399 e. The predicted molar refractivity (Wildman–Crippen MR) is 106 cm³/mol. The largest absolute Gasteiger partial charge is 0.399 e. The van der Waals surface area contributed by atoms with E-state index in [9.17, 15) is 4.79 Å². The number of nitrogens with one attached hydrogen (secondary N) is 1. The lowest BCUT2D eigenvalue weighted by molar-refractivity contribution is -0.131. The monoisotopic (exact) mass is 364 g/mol. The Morgan fingerprint density at radius 2 is 1.81 bits per heavy atom. The van der Waals surface area contributed by atoms with Crippen molar-refractivity contribution in [3.8, 4) is 11.1 Å². The number of hydrogen-bond donors (Lipinski definition) is 2. The average molecular weight is 364 g/mol. The van der Waals surface area contributed by atoms with Gasteiger partial charge in [-0.1, -0.05) is 30.3 Å². The number of ether oxygens (including phenoxy) is 1. The van der Waals surface area contributed by atoms with Crippen molar-refractivity contribution in [2.45, 2.75) is 32.0 Å². The van der Waals surface area contributed by atoms with Gasteiger partial charge in [-0.3, -0.25) is 9.69 Å². The van der Waals surface area contributed by atoms with Gasteiger partial charge in [0.15, 0.2) is 5.72 Å². The van der Waals surface area contributed by atoms with E-state index in [1.54, 1.807) is 4.90 Å². The zero-order valence-corrected chi connectivity index (χ0v) is 15.8. The lowest BCUT2D eigenvalue weighted by atomic mass is 9.89. The van der Waals surface area contributed by atoms with Crippen LogP contribution in [0.2, 0.25) is 0 Å². The van der Waals surface area contributed by atoms with Crippen molar-refractivity contribution in [2.75, 3.05) is 18.9 Å². The number of aliphatic imine (C=N–C) groups is 1.